The summed E-state index contributed by atoms with van der Waals surface area (Å²) in [5.41, 5.74) is 1.51. The van der Waals surface area contributed by atoms with Gasteiger partial charge in [0, 0.05) is 32.1 Å². The first-order chi connectivity index (χ1) is 14.5. The van der Waals surface area contributed by atoms with E-state index in [1.807, 2.05) is 10.6 Å². The number of benzene rings is 1. The first kappa shape index (κ1) is 21.3. The minimum absolute atomic E-state index is 0.0769. The van der Waals surface area contributed by atoms with Crippen molar-refractivity contribution < 1.29 is 13.2 Å². The number of nitrogens with zero attached hydrogens (tertiary/aromatic N) is 3. The highest BCUT2D eigenvalue weighted by Gasteiger charge is 2.26. The van der Waals surface area contributed by atoms with Gasteiger partial charge >= 0.3 is 0 Å². The zero-order valence-corrected chi connectivity index (χ0v) is 18.4. The molecule has 1 saturated carbocycles. The van der Waals surface area contributed by atoms with E-state index in [-0.39, 0.29) is 5.91 Å². The number of carbonyl (C=O) groups excluding carboxylic acids is 1. The van der Waals surface area contributed by atoms with Gasteiger partial charge in [0.15, 0.2) is 0 Å². The number of piperidine rings is 1. The van der Waals surface area contributed by atoms with Crippen molar-refractivity contribution in [2.75, 3.05) is 13.1 Å². The fourth-order valence-electron chi connectivity index (χ4n) is 4.58. The number of fused-ring (bicyclic) bond motifs is 1. The summed E-state index contributed by atoms with van der Waals surface area (Å²) in [5.74, 6) is 0.0769. The van der Waals surface area contributed by atoms with Crippen molar-refractivity contribution in [3.63, 3.8) is 0 Å². The minimum atomic E-state index is -3.47. The molecule has 1 aliphatic carbocycles. The zero-order valence-electron chi connectivity index (χ0n) is 17.6. The average Bonchev–Trinajstić information content (AvgIpc) is 2.99. The molecule has 30 heavy (non-hydrogen) atoms. The number of aryl methyl sites for hydroxylation is 1. The number of hydrogen-bond acceptors (Lipinski definition) is 4. The molecule has 4 rings (SSSR count). The second-order valence-corrected chi connectivity index (χ2v) is 10.5. The molecule has 0 unspecified atom stereocenters. The molecule has 1 amide bonds. The molecule has 1 N–H and O–H groups in total. The molecule has 0 bridgehead atoms. The number of amides is 1. The molecule has 8 heteroatoms. The molecule has 1 saturated heterocycles. The van der Waals surface area contributed by atoms with Gasteiger partial charge in [0.2, 0.25) is 15.9 Å². The minimum Gasteiger partial charge on any atom is -0.353 e. The maximum Gasteiger partial charge on any atom is 0.243 e. The van der Waals surface area contributed by atoms with Crippen LogP contribution in [0.15, 0.2) is 29.4 Å². The van der Waals surface area contributed by atoms with Crippen LogP contribution in [0.4, 0.5) is 0 Å². The van der Waals surface area contributed by atoms with E-state index in [1.165, 1.54) is 25.7 Å². The first-order valence-corrected chi connectivity index (χ1v) is 12.7. The van der Waals surface area contributed by atoms with Crippen LogP contribution in [0.2, 0.25) is 0 Å². The highest BCUT2D eigenvalue weighted by Crippen LogP contribution is 2.24. The fourth-order valence-corrected chi connectivity index (χ4v) is 6.12. The summed E-state index contributed by atoms with van der Waals surface area (Å²) < 4.78 is 29.3. The van der Waals surface area contributed by atoms with Gasteiger partial charge in [0.25, 0.3) is 0 Å². The Morgan fingerprint density at radius 3 is 2.47 bits per heavy atom. The lowest BCUT2D eigenvalue weighted by atomic mass is 10.1. The zero-order chi connectivity index (χ0) is 21.0. The molecular weight excluding hydrogens is 400 g/mol. The third-order valence-electron chi connectivity index (χ3n) is 6.35. The van der Waals surface area contributed by atoms with Crippen molar-refractivity contribution in [1.82, 2.24) is 19.2 Å². The quantitative estimate of drug-likeness (QED) is 0.709. The van der Waals surface area contributed by atoms with Crippen molar-refractivity contribution in [3.8, 4) is 0 Å². The number of rotatable bonds is 6. The number of nitrogens with one attached hydrogen (secondary N) is 1. The second-order valence-electron chi connectivity index (χ2n) is 8.56. The molecule has 1 aromatic heterocycles. The lowest BCUT2D eigenvalue weighted by Crippen LogP contribution is -2.35. The van der Waals surface area contributed by atoms with Gasteiger partial charge < -0.3 is 9.88 Å². The van der Waals surface area contributed by atoms with E-state index in [1.54, 1.807) is 22.8 Å². The summed E-state index contributed by atoms with van der Waals surface area (Å²) >= 11 is 0. The smallest absolute Gasteiger partial charge is 0.243 e. The van der Waals surface area contributed by atoms with Gasteiger partial charge in [-0.3, -0.25) is 4.79 Å². The van der Waals surface area contributed by atoms with E-state index in [0.29, 0.717) is 42.5 Å². The molecule has 0 spiro atoms. The maximum atomic E-state index is 12.9. The van der Waals surface area contributed by atoms with Crippen molar-refractivity contribution in [3.05, 3.63) is 24.5 Å². The molecule has 164 valence electrons. The third kappa shape index (κ3) is 4.86. The maximum absolute atomic E-state index is 12.9. The van der Waals surface area contributed by atoms with Crippen LogP contribution in [0.5, 0.6) is 0 Å². The molecule has 2 fully saturated rings. The third-order valence-corrected chi connectivity index (χ3v) is 8.24. The Balaban J connectivity index is 1.40. The predicted octanol–water partition coefficient (Wildman–Crippen LogP) is 3.44. The van der Waals surface area contributed by atoms with E-state index < -0.39 is 10.0 Å². The van der Waals surface area contributed by atoms with Crippen molar-refractivity contribution in [1.29, 1.82) is 0 Å². The van der Waals surface area contributed by atoms with E-state index in [4.69, 9.17) is 0 Å². The van der Waals surface area contributed by atoms with Crippen LogP contribution in [0, 0.1) is 0 Å². The van der Waals surface area contributed by atoms with E-state index in [0.717, 1.165) is 37.6 Å². The fraction of sp³-hybridized carbons (Fsp3) is 0.636. The molecule has 0 atom stereocenters. The normalized spacial score (nSPS) is 19.6. The van der Waals surface area contributed by atoms with Crippen LogP contribution in [-0.2, 0) is 21.4 Å². The standard InChI is InChI=1S/C22H32N4O3S/c27-22(24-18-8-4-1-2-5-9-18)12-15-25-17-23-20-16-19(10-11-21(20)25)30(28,29)26-13-6-3-7-14-26/h10-11,16-18H,1-9,12-15H2,(H,24,27). The van der Waals surface area contributed by atoms with Gasteiger partial charge in [0.1, 0.15) is 0 Å². The van der Waals surface area contributed by atoms with Crippen LogP contribution in [0.25, 0.3) is 11.0 Å². The summed E-state index contributed by atoms with van der Waals surface area (Å²) in [4.78, 5) is 17.1. The van der Waals surface area contributed by atoms with Crippen LogP contribution < -0.4 is 5.32 Å². The Morgan fingerprint density at radius 1 is 1.03 bits per heavy atom. The van der Waals surface area contributed by atoms with E-state index in [9.17, 15) is 13.2 Å². The predicted molar refractivity (Wildman–Crippen MR) is 117 cm³/mol. The van der Waals surface area contributed by atoms with Gasteiger partial charge in [0.05, 0.1) is 22.3 Å². The Hall–Kier alpha value is -1.93. The van der Waals surface area contributed by atoms with Gasteiger partial charge in [-0.15, -0.1) is 0 Å². The Labute approximate surface area is 178 Å². The first-order valence-electron chi connectivity index (χ1n) is 11.3. The lowest BCUT2D eigenvalue weighted by Gasteiger charge is -2.25. The molecule has 1 aliphatic heterocycles. The number of carbonyl (C=O) groups is 1. The Kier molecular flexibility index (Phi) is 6.73. The van der Waals surface area contributed by atoms with Crippen molar-refractivity contribution in [2.45, 2.75) is 81.7 Å². The summed E-state index contributed by atoms with van der Waals surface area (Å²) in [6.07, 6.45) is 12.1. The van der Waals surface area contributed by atoms with Gasteiger partial charge in [-0.2, -0.15) is 4.31 Å². The Bertz CT molecular complexity index is 971. The summed E-state index contributed by atoms with van der Waals surface area (Å²) in [6, 6.07) is 5.43. The number of sulfonamides is 1. The van der Waals surface area contributed by atoms with Crippen LogP contribution >= 0.6 is 0 Å². The second kappa shape index (κ2) is 9.47. The molecule has 2 heterocycles. The topological polar surface area (TPSA) is 84.3 Å². The highest BCUT2D eigenvalue weighted by atomic mass is 32.2. The number of imidazole rings is 1. The molecular formula is C22H32N4O3S. The summed E-state index contributed by atoms with van der Waals surface area (Å²) in [5, 5.41) is 3.18. The largest absolute Gasteiger partial charge is 0.353 e. The molecule has 1 aromatic carbocycles. The lowest BCUT2D eigenvalue weighted by molar-refractivity contribution is -0.122. The van der Waals surface area contributed by atoms with Crippen LogP contribution in [0.3, 0.4) is 0 Å². The van der Waals surface area contributed by atoms with Crippen LogP contribution in [-0.4, -0.2) is 47.3 Å². The summed E-state index contributed by atoms with van der Waals surface area (Å²) in [6.45, 7) is 1.71. The van der Waals surface area contributed by atoms with Crippen molar-refractivity contribution in [2.24, 2.45) is 0 Å². The number of hydrogen-bond donors (Lipinski definition) is 1. The van der Waals surface area contributed by atoms with Gasteiger partial charge in [-0.25, -0.2) is 13.4 Å². The Morgan fingerprint density at radius 2 is 1.73 bits per heavy atom. The monoisotopic (exact) mass is 432 g/mol. The summed E-state index contributed by atoms with van der Waals surface area (Å²) in [7, 11) is -3.47. The average molecular weight is 433 g/mol. The van der Waals surface area contributed by atoms with Gasteiger partial charge in [-0.05, 0) is 43.9 Å². The molecule has 0 radical (unpaired) electrons. The van der Waals surface area contributed by atoms with E-state index >= 15 is 0 Å². The van der Waals surface area contributed by atoms with E-state index in [2.05, 4.69) is 10.3 Å². The SMILES string of the molecule is O=C(CCn1cnc2cc(S(=O)(=O)N3CCCCC3)ccc21)NC1CCCCCC1. The molecule has 7 nitrogen and oxygen atoms in total. The highest BCUT2D eigenvalue weighted by molar-refractivity contribution is 7.89. The van der Waals surface area contributed by atoms with Crippen molar-refractivity contribution >= 4 is 27.0 Å². The molecule has 2 aliphatic rings. The number of aromatic nitrogens is 2. The van der Waals surface area contributed by atoms with Crippen LogP contribution in [0.1, 0.15) is 64.2 Å². The molecule has 2 aromatic rings. The van der Waals surface area contributed by atoms with Gasteiger partial charge in [-0.1, -0.05) is 32.1 Å².